The van der Waals surface area contributed by atoms with E-state index in [0.29, 0.717) is 0 Å². The number of alkyl halides is 3. The van der Waals surface area contributed by atoms with Crippen LogP contribution in [0.4, 0.5) is 23.2 Å². The molecule has 0 spiro atoms. The summed E-state index contributed by atoms with van der Waals surface area (Å²) in [6.07, 6.45) is -5.77. The zero-order valence-electron chi connectivity index (χ0n) is 14.0. The maximum atomic E-state index is 13.9. The van der Waals surface area contributed by atoms with Gasteiger partial charge in [0.05, 0.1) is 32.7 Å². The van der Waals surface area contributed by atoms with Crippen molar-refractivity contribution in [3.05, 3.63) is 62.3 Å². The van der Waals surface area contributed by atoms with Gasteiger partial charge in [0.25, 0.3) is 0 Å². The molecule has 1 atom stereocenters. The second-order valence-electron chi connectivity index (χ2n) is 5.99. The van der Waals surface area contributed by atoms with E-state index in [1.165, 1.54) is 12.1 Å². The fraction of sp³-hybridized carbons (Fsp3) is 0.176. The summed E-state index contributed by atoms with van der Waals surface area (Å²) in [4.78, 5) is 19.9. The van der Waals surface area contributed by atoms with Crippen LogP contribution in [0.3, 0.4) is 0 Å². The summed E-state index contributed by atoms with van der Waals surface area (Å²) >= 11 is 17.0. The average Bonchev–Trinajstić information content (AvgIpc) is 3.06. The Hall–Kier alpha value is -2.07. The highest BCUT2D eigenvalue weighted by molar-refractivity contribution is 6.35. The van der Waals surface area contributed by atoms with Gasteiger partial charge in [0.15, 0.2) is 5.82 Å². The maximum Gasteiger partial charge on any atom is 0.424 e. The Morgan fingerprint density at radius 2 is 1.76 bits per heavy atom. The van der Waals surface area contributed by atoms with Crippen molar-refractivity contribution in [3.8, 4) is 0 Å². The van der Waals surface area contributed by atoms with E-state index in [0.717, 1.165) is 18.2 Å². The molecule has 0 amide bonds. The van der Waals surface area contributed by atoms with Crippen molar-refractivity contribution in [2.45, 2.75) is 18.2 Å². The van der Waals surface area contributed by atoms with Gasteiger partial charge in [0.2, 0.25) is 5.60 Å². The van der Waals surface area contributed by atoms with E-state index in [-0.39, 0.29) is 22.1 Å². The van der Waals surface area contributed by atoms with Crippen LogP contribution in [0.15, 0.2) is 35.3 Å². The molecule has 0 saturated carbocycles. The summed E-state index contributed by atoms with van der Waals surface area (Å²) in [6.45, 7) is 0. The molecular weight excluding hydrogens is 463 g/mol. The SMILES string of the molecule is O=C(O)c1cc(N=C2CC(c3cc(Cl)c(F)c(Cl)c3)(C(F)(F)F)ON2)ccc1Cl. The number of carbonyl (C=O) groups is 1. The topological polar surface area (TPSA) is 70.9 Å². The van der Waals surface area contributed by atoms with Gasteiger partial charge >= 0.3 is 12.1 Å². The van der Waals surface area contributed by atoms with E-state index in [9.17, 15) is 22.4 Å². The van der Waals surface area contributed by atoms with Crippen LogP contribution in [-0.4, -0.2) is 23.1 Å². The number of amidine groups is 1. The monoisotopic (exact) mass is 470 g/mol. The largest absolute Gasteiger partial charge is 0.478 e. The van der Waals surface area contributed by atoms with Crippen molar-refractivity contribution in [2.75, 3.05) is 0 Å². The highest BCUT2D eigenvalue weighted by atomic mass is 35.5. The van der Waals surface area contributed by atoms with Crippen LogP contribution < -0.4 is 5.48 Å². The fourth-order valence-electron chi connectivity index (χ4n) is 2.69. The Bertz CT molecular complexity index is 1010. The second kappa shape index (κ2) is 7.64. The lowest BCUT2D eigenvalue weighted by Crippen LogP contribution is -2.42. The molecule has 2 aromatic rings. The van der Waals surface area contributed by atoms with Crippen molar-refractivity contribution in [1.82, 2.24) is 5.48 Å². The first-order valence-electron chi connectivity index (χ1n) is 7.71. The van der Waals surface area contributed by atoms with E-state index in [1.54, 1.807) is 0 Å². The molecule has 1 aliphatic rings. The van der Waals surface area contributed by atoms with Crippen LogP contribution in [0.2, 0.25) is 15.1 Å². The molecule has 1 saturated heterocycles. The third-order valence-electron chi connectivity index (χ3n) is 4.11. The van der Waals surface area contributed by atoms with Crippen molar-refractivity contribution in [3.63, 3.8) is 0 Å². The molecule has 0 bridgehead atoms. The number of aromatic carboxylic acids is 1. The van der Waals surface area contributed by atoms with Gasteiger partial charge in [-0.1, -0.05) is 34.8 Å². The molecule has 2 N–H and O–H groups in total. The summed E-state index contributed by atoms with van der Waals surface area (Å²) in [5.74, 6) is -2.64. The molecule has 2 aromatic carbocycles. The van der Waals surface area contributed by atoms with Crippen molar-refractivity contribution < 1.29 is 32.3 Å². The number of benzene rings is 2. The summed E-state index contributed by atoms with van der Waals surface area (Å²) in [7, 11) is 0. The lowest BCUT2D eigenvalue weighted by Gasteiger charge is -2.29. The molecule has 3 rings (SSSR count). The van der Waals surface area contributed by atoms with E-state index >= 15 is 0 Å². The number of hydroxylamine groups is 1. The molecular formula is C17H9Cl3F4N2O3. The maximum absolute atomic E-state index is 13.9. The molecule has 0 aliphatic carbocycles. The highest BCUT2D eigenvalue weighted by Crippen LogP contribution is 2.48. The lowest BCUT2D eigenvalue weighted by atomic mass is 9.90. The molecule has 1 aliphatic heterocycles. The number of aliphatic imine (C=N–C) groups is 1. The number of rotatable bonds is 3. The lowest BCUT2D eigenvalue weighted by molar-refractivity contribution is -0.282. The molecule has 12 heteroatoms. The molecule has 1 unspecified atom stereocenters. The number of nitrogens with zero attached hydrogens (tertiary/aromatic N) is 1. The smallest absolute Gasteiger partial charge is 0.424 e. The zero-order chi connectivity index (χ0) is 21.6. The number of halogens is 7. The molecule has 154 valence electrons. The Morgan fingerprint density at radius 1 is 1.14 bits per heavy atom. The highest BCUT2D eigenvalue weighted by Gasteiger charge is 2.62. The van der Waals surface area contributed by atoms with Crippen LogP contribution >= 0.6 is 34.8 Å². The summed E-state index contributed by atoms with van der Waals surface area (Å²) in [6, 6.07) is 5.20. The van der Waals surface area contributed by atoms with Crippen LogP contribution in [0, 0.1) is 5.82 Å². The normalized spacial score (nSPS) is 20.7. The standard InChI is InChI=1S/C17H9Cl3F4N2O3/c18-10-2-1-8(5-9(10)15(27)28)25-13-6-16(29-26-13,17(22,23)24)7-3-11(19)14(21)12(20)4-7/h1-5H,6H2,(H,25,26)(H,27,28). The summed E-state index contributed by atoms with van der Waals surface area (Å²) in [5, 5.41) is 7.82. The number of hydrogen-bond donors (Lipinski definition) is 2. The number of carboxylic acids is 1. The van der Waals surface area contributed by atoms with Crippen LogP contribution in [-0.2, 0) is 10.4 Å². The summed E-state index contributed by atoms with van der Waals surface area (Å²) in [5.41, 5.74) is -1.61. The third kappa shape index (κ3) is 4.00. The molecule has 0 aromatic heterocycles. The first-order chi connectivity index (χ1) is 13.4. The molecule has 0 radical (unpaired) electrons. The Morgan fingerprint density at radius 3 is 2.31 bits per heavy atom. The van der Waals surface area contributed by atoms with Gasteiger partial charge in [-0.3, -0.25) is 10.3 Å². The third-order valence-corrected chi connectivity index (χ3v) is 4.99. The minimum absolute atomic E-state index is 0.0334. The predicted molar refractivity (Wildman–Crippen MR) is 98.5 cm³/mol. The predicted octanol–water partition coefficient (Wildman–Crippen LogP) is 5.90. The van der Waals surface area contributed by atoms with Gasteiger partial charge in [-0.05, 0) is 35.9 Å². The Balaban J connectivity index is 2.03. The second-order valence-corrected chi connectivity index (χ2v) is 7.21. The Labute approximate surface area is 175 Å². The van der Waals surface area contributed by atoms with Crippen molar-refractivity contribution >= 4 is 52.3 Å². The molecule has 5 nitrogen and oxygen atoms in total. The van der Waals surface area contributed by atoms with Crippen LogP contribution in [0.5, 0.6) is 0 Å². The quantitative estimate of drug-likeness (QED) is 0.432. The van der Waals surface area contributed by atoms with Gasteiger partial charge in [0.1, 0.15) is 5.84 Å². The zero-order valence-corrected chi connectivity index (χ0v) is 16.2. The van der Waals surface area contributed by atoms with Gasteiger partial charge < -0.3 is 5.11 Å². The minimum atomic E-state index is -4.95. The average molecular weight is 472 g/mol. The van der Waals surface area contributed by atoms with E-state index < -0.39 is 45.6 Å². The van der Waals surface area contributed by atoms with Gasteiger partial charge in [-0.15, -0.1) is 0 Å². The van der Waals surface area contributed by atoms with Crippen molar-refractivity contribution in [1.29, 1.82) is 0 Å². The number of nitrogens with one attached hydrogen (secondary N) is 1. The summed E-state index contributed by atoms with van der Waals surface area (Å²) < 4.78 is 55.4. The Kier molecular flexibility index (Phi) is 5.70. The van der Waals surface area contributed by atoms with Gasteiger partial charge in [0, 0.05) is 0 Å². The van der Waals surface area contributed by atoms with E-state index in [1.807, 2.05) is 0 Å². The van der Waals surface area contributed by atoms with Crippen LogP contribution in [0.1, 0.15) is 22.3 Å². The van der Waals surface area contributed by atoms with E-state index in [2.05, 4.69) is 10.5 Å². The van der Waals surface area contributed by atoms with Gasteiger partial charge in [-0.2, -0.15) is 13.2 Å². The molecule has 1 heterocycles. The first-order valence-corrected chi connectivity index (χ1v) is 8.84. The minimum Gasteiger partial charge on any atom is -0.478 e. The van der Waals surface area contributed by atoms with Gasteiger partial charge in [-0.25, -0.2) is 14.2 Å². The van der Waals surface area contributed by atoms with Crippen LogP contribution in [0.25, 0.3) is 0 Å². The number of carboxylic acid groups (broad SMARTS) is 1. The molecule has 29 heavy (non-hydrogen) atoms. The first kappa shape index (κ1) is 21.6. The van der Waals surface area contributed by atoms with Crippen molar-refractivity contribution in [2.24, 2.45) is 4.99 Å². The number of hydrogen-bond acceptors (Lipinski definition) is 3. The molecule has 1 fully saturated rings. The fourth-order valence-corrected chi connectivity index (χ4v) is 3.38. The van der Waals surface area contributed by atoms with E-state index in [4.69, 9.17) is 44.7 Å².